The molecule has 1 N–H and O–H groups in total. The van der Waals surface area contributed by atoms with Gasteiger partial charge < -0.3 is 14.9 Å². The van der Waals surface area contributed by atoms with E-state index in [-0.39, 0.29) is 0 Å². The predicted octanol–water partition coefficient (Wildman–Crippen LogP) is 0.590. The minimum atomic E-state index is -0.984. The van der Waals surface area contributed by atoms with Crippen LogP contribution in [0.4, 0.5) is 0 Å². The summed E-state index contributed by atoms with van der Waals surface area (Å²) in [4.78, 5) is 27.7. The highest BCUT2D eigenvalue weighted by Gasteiger charge is 2.20. The molecule has 0 spiro atoms. The van der Waals surface area contributed by atoms with Gasteiger partial charge in [-0.25, -0.2) is 4.79 Å². The molecular weight excluding hydrogens is 236 g/mol. The zero-order valence-electron chi connectivity index (χ0n) is 10.1. The third-order valence-corrected chi connectivity index (χ3v) is 2.09. The fourth-order valence-electron chi connectivity index (χ4n) is 1.22. The lowest BCUT2D eigenvalue weighted by Crippen LogP contribution is -2.42. The standard InChI is InChI=1S/C12H14N2O4/c1-17-12(16)10(8-13-18-2)14-11(15)9-6-4-3-5-7-9/h3-8,10H,1-2H3,(H,14,15)/b13-8-/t10-/m1/s1. The van der Waals surface area contributed by atoms with Crippen LogP contribution in [-0.4, -0.2) is 38.4 Å². The van der Waals surface area contributed by atoms with Crippen LogP contribution in [0.3, 0.4) is 0 Å². The lowest BCUT2D eigenvalue weighted by molar-refractivity contribution is -0.140. The normalized spacial score (nSPS) is 11.9. The SMILES string of the molecule is CO/N=C\[C@@H](NC(=O)c1ccccc1)C(=O)OC. The second-order valence-corrected chi connectivity index (χ2v) is 3.28. The minimum Gasteiger partial charge on any atom is -0.467 e. The number of carbonyl (C=O) groups is 2. The molecule has 6 heteroatoms. The van der Waals surface area contributed by atoms with Crippen molar-refractivity contribution in [2.24, 2.45) is 5.16 Å². The van der Waals surface area contributed by atoms with Crippen molar-refractivity contribution in [3.05, 3.63) is 35.9 Å². The van der Waals surface area contributed by atoms with Gasteiger partial charge in [-0.3, -0.25) is 4.79 Å². The lowest BCUT2D eigenvalue weighted by atomic mass is 10.2. The molecule has 0 aliphatic carbocycles. The van der Waals surface area contributed by atoms with Gasteiger partial charge in [0.15, 0.2) is 6.04 Å². The van der Waals surface area contributed by atoms with Crippen LogP contribution in [0.5, 0.6) is 0 Å². The molecule has 0 unspecified atom stereocenters. The van der Waals surface area contributed by atoms with E-state index in [1.54, 1.807) is 30.3 Å². The van der Waals surface area contributed by atoms with Gasteiger partial charge in [0.25, 0.3) is 5.91 Å². The number of hydrogen-bond donors (Lipinski definition) is 1. The van der Waals surface area contributed by atoms with Gasteiger partial charge in [-0.1, -0.05) is 23.4 Å². The molecule has 0 aliphatic rings. The first-order valence-corrected chi connectivity index (χ1v) is 5.19. The summed E-state index contributed by atoms with van der Waals surface area (Å²) >= 11 is 0. The molecule has 0 bridgehead atoms. The van der Waals surface area contributed by atoms with Gasteiger partial charge in [0.1, 0.15) is 7.11 Å². The second kappa shape index (κ2) is 7.05. The molecule has 0 fully saturated rings. The number of ether oxygens (including phenoxy) is 1. The van der Waals surface area contributed by atoms with Crippen LogP contribution < -0.4 is 5.32 Å². The summed E-state index contributed by atoms with van der Waals surface area (Å²) in [7, 11) is 2.56. The molecule has 0 heterocycles. The predicted molar refractivity (Wildman–Crippen MR) is 65.2 cm³/mol. The fraction of sp³-hybridized carbons (Fsp3) is 0.250. The van der Waals surface area contributed by atoms with E-state index in [2.05, 4.69) is 20.0 Å². The minimum absolute atomic E-state index is 0.395. The Bertz CT molecular complexity index is 431. The van der Waals surface area contributed by atoms with E-state index in [0.717, 1.165) is 6.21 Å². The molecule has 18 heavy (non-hydrogen) atoms. The molecule has 0 aromatic heterocycles. The molecule has 1 aromatic rings. The molecular formula is C12H14N2O4. The maximum Gasteiger partial charge on any atom is 0.334 e. The summed E-state index contributed by atoms with van der Waals surface area (Å²) in [5.74, 6) is -1.02. The van der Waals surface area contributed by atoms with Crippen molar-refractivity contribution >= 4 is 18.1 Å². The number of nitrogens with zero attached hydrogens (tertiary/aromatic N) is 1. The Labute approximate surface area is 105 Å². The zero-order chi connectivity index (χ0) is 13.4. The monoisotopic (exact) mass is 250 g/mol. The van der Waals surface area contributed by atoms with Crippen molar-refractivity contribution in [2.75, 3.05) is 14.2 Å². The van der Waals surface area contributed by atoms with Crippen molar-refractivity contribution in [1.82, 2.24) is 5.32 Å². The molecule has 1 aromatic carbocycles. The lowest BCUT2D eigenvalue weighted by Gasteiger charge is -2.11. The van der Waals surface area contributed by atoms with Gasteiger partial charge in [-0.2, -0.15) is 0 Å². The molecule has 0 saturated carbocycles. The second-order valence-electron chi connectivity index (χ2n) is 3.28. The van der Waals surface area contributed by atoms with E-state index in [4.69, 9.17) is 0 Å². The van der Waals surface area contributed by atoms with Gasteiger partial charge >= 0.3 is 5.97 Å². The maximum atomic E-state index is 11.8. The van der Waals surface area contributed by atoms with Gasteiger partial charge in [-0.15, -0.1) is 0 Å². The zero-order valence-corrected chi connectivity index (χ0v) is 10.1. The molecule has 6 nitrogen and oxygen atoms in total. The molecule has 0 radical (unpaired) electrons. The first kappa shape index (κ1) is 13.7. The first-order valence-electron chi connectivity index (χ1n) is 5.19. The molecule has 96 valence electrons. The Kier molecular flexibility index (Phi) is 5.37. The average molecular weight is 250 g/mol. The number of benzene rings is 1. The molecule has 1 atom stereocenters. The van der Waals surface area contributed by atoms with E-state index < -0.39 is 17.9 Å². The van der Waals surface area contributed by atoms with Crippen molar-refractivity contribution in [1.29, 1.82) is 0 Å². The molecule has 0 aliphatic heterocycles. The van der Waals surface area contributed by atoms with Crippen LogP contribution in [0.25, 0.3) is 0 Å². The highest BCUT2D eigenvalue weighted by molar-refractivity contribution is 6.02. The molecule has 1 rings (SSSR count). The number of nitrogens with one attached hydrogen (secondary N) is 1. The van der Waals surface area contributed by atoms with Crippen LogP contribution in [0.2, 0.25) is 0 Å². The summed E-state index contributed by atoms with van der Waals surface area (Å²) in [6.07, 6.45) is 1.16. The van der Waals surface area contributed by atoms with E-state index in [1.807, 2.05) is 0 Å². The Hall–Kier alpha value is -2.37. The summed E-state index contributed by atoms with van der Waals surface area (Å²) in [5.41, 5.74) is 0.442. The summed E-state index contributed by atoms with van der Waals surface area (Å²) in [5, 5.41) is 5.92. The largest absolute Gasteiger partial charge is 0.467 e. The van der Waals surface area contributed by atoms with E-state index in [9.17, 15) is 9.59 Å². The highest BCUT2D eigenvalue weighted by Crippen LogP contribution is 1.99. The Morgan fingerprint density at radius 2 is 1.94 bits per heavy atom. The Morgan fingerprint density at radius 3 is 2.50 bits per heavy atom. The first-order chi connectivity index (χ1) is 8.69. The Morgan fingerprint density at radius 1 is 1.28 bits per heavy atom. The van der Waals surface area contributed by atoms with Crippen LogP contribution >= 0.6 is 0 Å². The smallest absolute Gasteiger partial charge is 0.334 e. The van der Waals surface area contributed by atoms with E-state index in [1.165, 1.54) is 14.2 Å². The number of oxime groups is 1. The highest BCUT2D eigenvalue weighted by atomic mass is 16.6. The maximum absolute atomic E-state index is 11.8. The number of hydrogen-bond acceptors (Lipinski definition) is 5. The number of rotatable bonds is 5. The van der Waals surface area contributed by atoms with E-state index in [0.29, 0.717) is 5.56 Å². The van der Waals surface area contributed by atoms with Crippen LogP contribution in [0.15, 0.2) is 35.5 Å². The molecule has 0 saturated heterocycles. The number of esters is 1. The van der Waals surface area contributed by atoms with Crippen LogP contribution in [0.1, 0.15) is 10.4 Å². The van der Waals surface area contributed by atoms with E-state index >= 15 is 0 Å². The third-order valence-electron chi connectivity index (χ3n) is 2.09. The molecule has 1 amide bonds. The van der Waals surface area contributed by atoms with Gasteiger partial charge in [0, 0.05) is 5.56 Å². The van der Waals surface area contributed by atoms with Crippen molar-refractivity contribution in [2.45, 2.75) is 6.04 Å². The number of methoxy groups -OCH3 is 1. The van der Waals surface area contributed by atoms with Crippen LogP contribution in [0, 0.1) is 0 Å². The third kappa shape index (κ3) is 3.89. The van der Waals surface area contributed by atoms with Crippen LogP contribution in [-0.2, 0) is 14.4 Å². The summed E-state index contributed by atoms with van der Waals surface area (Å²) in [6.45, 7) is 0. The van der Waals surface area contributed by atoms with Crippen molar-refractivity contribution < 1.29 is 19.2 Å². The van der Waals surface area contributed by atoms with Crippen molar-refractivity contribution in [3.63, 3.8) is 0 Å². The Balaban J connectivity index is 2.75. The summed E-state index contributed by atoms with van der Waals surface area (Å²) < 4.78 is 4.55. The number of carbonyl (C=O) groups excluding carboxylic acids is 2. The number of amides is 1. The van der Waals surface area contributed by atoms with Gasteiger partial charge in [0.2, 0.25) is 0 Å². The van der Waals surface area contributed by atoms with Gasteiger partial charge in [0.05, 0.1) is 13.3 Å². The quantitative estimate of drug-likeness (QED) is 0.471. The fourth-order valence-corrected chi connectivity index (χ4v) is 1.22. The van der Waals surface area contributed by atoms with Gasteiger partial charge in [-0.05, 0) is 12.1 Å². The topological polar surface area (TPSA) is 77.0 Å². The average Bonchev–Trinajstić information content (AvgIpc) is 2.43. The summed E-state index contributed by atoms with van der Waals surface area (Å²) in [6, 6.07) is 7.54. The van der Waals surface area contributed by atoms with Crippen molar-refractivity contribution in [3.8, 4) is 0 Å².